The third-order valence-electron chi connectivity index (χ3n) is 6.28. The summed E-state index contributed by atoms with van der Waals surface area (Å²) < 4.78 is 0. The lowest BCUT2D eigenvalue weighted by Gasteiger charge is -2.30. The van der Waals surface area contributed by atoms with Crippen molar-refractivity contribution in [1.82, 2.24) is 4.90 Å². The second-order valence-corrected chi connectivity index (χ2v) is 7.53. The zero-order valence-electron chi connectivity index (χ0n) is 13.7. The number of fused-ring (bicyclic) bond motifs is 3. The molecule has 2 atom stereocenters. The van der Waals surface area contributed by atoms with E-state index in [0.29, 0.717) is 18.2 Å². The number of nitrogens with zero attached hydrogens (tertiary/aromatic N) is 1. The minimum atomic E-state index is 0.128. The first kappa shape index (κ1) is 14.1. The largest absolute Gasteiger partial charge is 0.508 e. The van der Waals surface area contributed by atoms with Crippen LogP contribution in [0.15, 0.2) is 42.5 Å². The highest BCUT2D eigenvalue weighted by Crippen LogP contribution is 2.62. The fourth-order valence-corrected chi connectivity index (χ4v) is 4.87. The molecule has 1 heterocycles. The highest BCUT2D eigenvalue weighted by atomic mass is 16.3. The summed E-state index contributed by atoms with van der Waals surface area (Å²) in [7, 11) is 0. The number of hydrogen-bond acceptors (Lipinski definition) is 2. The van der Waals surface area contributed by atoms with Gasteiger partial charge in [-0.15, -0.1) is 0 Å². The van der Waals surface area contributed by atoms with E-state index in [2.05, 4.69) is 24.3 Å². The van der Waals surface area contributed by atoms with Gasteiger partial charge in [-0.05, 0) is 60.1 Å². The number of aryl methyl sites for hydroxylation is 1. The number of carbonyl (C=O) groups is 1. The van der Waals surface area contributed by atoms with Crippen LogP contribution in [-0.2, 0) is 29.6 Å². The molecule has 2 aliphatic carbocycles. The maximum atomic E-state index is 13.1. The van der Waals surface area contributed by atoms with Gasteiger partial charge in [-0.3, -0.25) is 4.79 Å². The third-order valence-corrected chi connectivity index (χ3v) is 6.28. The minimum Gasteiger partial charge on any atom is -0.508 e. The van der Waals surface area contributed by atoms with Crippen LogP contribution in [0.2, 0.25) is 0 Å². The monoisotopic (exact) mass is 319 g/mol. The SMILES string of the molecule is O=C(C1CC12CCc1ccccc12)N1CCc2cc(O)ccc2C1. The number of benzene rings is 2. The molecule has 2 aromatic rings. The number of hydrogen-bond donors (Lipinski definition) is 1. The van der Waals surface area contributed by atoms with E-state index in [1.807, 2.05) is 17.0 Å². The molecular formula is C21H21NO2. The lowest BCUT2D eigenvalue weighted by Crippen LogP contribution is -2.38. The van der Waals surface area contributed by atoms with Crippen molar-refractivity contribution in [2.45, 2.75) is 37.6 Å². The Kier molecular flexibility index (Phi) is 2.85. The summed E-state index contributed by atoms with van der Waals surface area (Å²) in [6, 6.07) is 14.2. The lowest BCUT2D eigenvalue weighted by molar-refractivity contribution is -0.134. The molecule has 1 amide bonds. The van der Waals surface area contributed by atoms with Gasteiger partial charge in [0.25, 0.3) is 0 Å². The Labute approximate surface area is 141 Å². The number of phenolic OH excluding ortho intramolecular Hbond substituents is 1. The van der Waals surface area contributed by atoms with Gasteiger partial charge in [0.05, 0.1) is 0 Å². The van der Waals surface area contributed by atoms with Gasteiger partial charge < -0.3 is 10.0 Å². The summed E-state index contributed by atoms with van der Waals surface area (Å²) in [5.74, 6) is 0.808. The molecule has 3 aliphatic rings. The summed E-state index contributed by atoms with van der Waals surface area (Å²) >= 11 is 0. The Morgan fingerprint density at radius 2 is 1.96 bits per heavy atom. The number of amides is 1. The van der Waals surface area contributed by atoms with E-state index in [0.717, 1.165) is 32.2 Å². The minimum absolute atomic E-state index is 0.128. The van der Waals surface area contributed by atoms with Crippen LogP contribution in [0.3, 0.4) is 0 Å². The molecule has 0 aromatic heterocycles. The van der Waals surface area contributed by atoms with Crippen molar-refractivity contribution in [3.8, 4) is 5.75 Å². The Balaban J connectivity index is 1.37. The fraction of sp³-hybridized carbons (Fsp3) is 0.381. The molecule has 24 heavy (non-hydrogen) atoms. The first-order valence-corrected chi connectivity index (χ1v) is 8.85. The van der Waals surface area contributed by atoms with Crippen molar-refractivity contribution in [3.63, 3.8) is 0 Å². The normalized spacial score (nSPS) is 27.0. The van der Waals surface area contributed by atoms with Crippen LogP contribution in [0, 0.1) is 5.92 Å². The van der Waals surface area contributed by atoms with Crippen molar-refractivity contribution in [2.75, 3.05) is 6.54 Å². The topological polar surface area (TPSA) is 40.5 Å². The fourth-order valence-electron chi connectivity index (χ4n) is 4.87. The van der Waals surface area contributed by atoms with Crippen LogP contribution >= 0.6 is 0 Å². The highest BCUT2D eigenvalue weighted by Gasteiger charge is 2.62. The summed E-state index contributed by atoms with van der Waals surface area (Å²) in [6.45, 7) is 1.45. The molecule has 5 rings (SSSR count). The molecule has 2 unspecified atom stereocenters. The van der Waals surface area contributed by atoms with Gasteiger partial charge in [-0.1, -0.05) is 30.3 Å². The molecule has 1 aliphatic heterocycles. The predicted octanol–water partition coefficient (Wildman–Crippen LogP) is 3.18. The van der Waals surface area contributed by atoms with E-state index in [4.69, 9.17) is 0 Å². The van der Waals surface area contributed by atoms with Crippen LogP contribution in [0.1, 0.15) is 35.1 Å². The van der Waals surface area contributed by atoms with Crippen LogP contribution in [0.25, 0.3) is 0 Å². The second kappa shape index (κ2) is 4.85. The van der Waals surface area contributed by atoms with Gasteiger partial charge in [0.2, 0.25) is 5.91 Å². The van der Waals surface area contributed by atoms with Gasteiger partial charge in [0.15, 0.2) is 0 Å². The summed E-state index contributed by atoms with van der Waals surface area (Å²) in [5, 5.41) is 9.61. The molecule has 122 valence electrons. The number of phenols is 1. The van der Waals surface area contributed by atoms with Crippen LogP contribution in [0.4, 0.5) is 0 Å². The van der Waals surface area contributed by atoms with Gasteiger partial charge in [0, 0.05) is 24.4 Å². The Hall–Kier alpha value is -2.29. The molecule has 2 aromatic carbocycles. The summed E-state index contributed by atoms with van der Waals surface area (Å²) in [6.07, 6.45) is 4.09. The Morgan fingerprint density at radius 1 is 1.08 bits per heavy atom. The molecule has 3 heteroatoms. The molecule has 1 N–H and O–H groups in total. The van der Waals surface area contributed by atoms with Crippen molar-refractivity contribution >= 4 is 5.91 Å². The number of carbonyl (C=O) groups excluding carboxylic acids is 1. The Bertz CT molecular complexity index is 843. The van der Waals surface area contributed by atoms with E-state index < -0.39 is 0 Å². The van der Waals surface area contributed by atoms with E-state index in [9.17, 15) is 9.90 Å². The molecular weight excluding hydrogens is 298 g/mol. The van der Waals surface area contributed by atoms with E-state index in [-0.39, 0.29) is 11.3 Å². The zero-order chi connectivity index (χ0) is 16.3. The summed E-state index contributed by atoms with van der Waals surface area (Å²) in [4.78, 5) is 15.1. The molecule has 3 nitrogen and oxygen atoms in total. The average Bonchev–Trinajstić information content (AvgIpc) is 3.23. The third kappa shape index (κ3) is 1.94. The first-order chi connectivity index (χ1) is 11.7. The van der Waals surface area contributed by atoms with Gasteiger partial charge in [0.1, 0.15) is 5.75 Å². The van der Waals surface area contributed by atoms with Crippen molar-refractivity contribution in [1.29, 1.82) is 0 Å². The molecule has 1 spiro atoms. The predicted molar refractivity (Wildman–Crippen MR) is 91.8 cm³/mol. The van der Waals surface area contributed by atoms with Gasteiger partial charge >= 0.3 is 0 Å². The van der Waals surface area contributed by atoms with Gasteiger partial charge in [-0.25, -0.2) is 0 Å². The first-order valence-electron chi connectivity index (χ1n) is 8.85. The van der Waals surface area contributed by atoms with Crippen LogP contribution < -0.4 is 0 Å². The summed E-state index contributed by atoms with van der Waals surface area (Å²) in [5.41, 5.74) is 5.34. The van der Waals surface area contributed by atoms with Crippen molar-refractivity contribution < 1.29 is 9.90 Å². The van der Waals surface area contributed by atoms with Crippen molar-refractivity contribution in [2.24, 2.45) is 5.92 Å². The number of rotatable bonds is 1. The van der Waals surface area contributed by atoms with Crippen LogP contribution in [0.5, 0.6) is 5.75 Å². The quantitative estimate of drug-likeness (QED) is 0.877. The Morgan fingerprint density at radius 3 is 2.88 bits per heavy atom. The molecule has 1 fully saturated rings. The lowest BCUT2D eigenvalue weighted by atomic mass is 9.94. The number of aromatic hydroxyl groups is 1. The van der Waals surface area contributed by atoms with E-state index in [1.54, 1.807) is 6.07 Å². The molecule has 0 saturated heterocycles. The van der Waals surface area contributed by atoms with Gasteiger partial charge in [-0.2, -0.15) is 0 Å². The maximum absolute atomic E-state index is 13.1. The zero-order valence-corrected chi connectivity index (χ0v) is 13.7. The standard InChI is InChI=1S/C21H21NO2/c23-17-6-5-16-13-22(10-8-15(16)11-17)20(24)19-12-21(19)9-7-14-3-1-2-4-18(14)21/h1-6,11,19,23H,7-10,12-13H2. The molecule has 0 bridgehead atoms. The average molecular weight is 319 g/mol. The molecule has 0 radical (unpaired) electrons. The van der Waals surface area contributed by atoms with Crippen LogP contribution in [-0.4, -0.2) is 22.5 Å². The van der Waals surface area contributed by atoms with E-state index in [1.165, 1.54) is 22.3 Å². The van der Waals surface area contributed by atoms with Crippen molar-refractivity contribution in [3.05, 3.63) is 64.7 Å². The highest BCUT2D eigenvalue weighted by molar-refractivity contribution is 5.85. The smallest absolute Gasteiger partial charge is 0.226 e. The maximum Gasteiger partial charge on any atom is 0.226 e. The molecule has 1 saturated carbocycles. The second-order valence-electron chi connectivity index (χ2n) is 7.53. The van der Waals surface area contributed by atoms with E-state index >= 15 is 0 Å².